The van der Waals surface area contributed by atoms with Crippen molar-refractivity contribution >= 4 is 11.7 Å². The molecule has 0 aliphatic rings. The molecule has 0 bridgehead atoms. The third-order valence-corrected chi connectivity index (χ3v) is 2.04. The van der Waals surface area contributed by atoms with Gasteiger partial charge < -0.3 is 11.0 Å². The quantitative estimate of drug-likeness (QED) is 0.795. The molecule has 0 aliphatic heterocycles. The zero-order valence-electron chi connectivity index (χ0n) is 9.30. The molecule has 2 aromatic carbocycles. The number of carbonyl (C=O) groups excluding carboxylic acids is 1. The lowest BCUT2D eigenvalue weighted by molar-refractivity contribution is 0.0596. The molecule has 0 unspecified atom stereocenters. The summed E-state index contributed by atoms with van der Waals surface area (Å²) in [6.07, 6.45) is 0. The first-order valence-corrected chi connectivity index (χ1v) is 4.93. The van der Waals surface area contributed by atoms with Crippen molar-refractivity contribution in [2.75, 3.05) is 5.48 Å². The molecule has 4 nitrogen and oxygen atoms in total. The molecule has 17 heavy (non-hydrogen) atoms. The Bertz CT molecular complexity index is 457. The monoisotopic (exact) mass is 230 g/mol. The SMILES string of the molecule is N.O=C(ONc1ccccc1)c1ccccc1. The summed E-state index contributed by atoms with van der Waals surface area (Å²) in [7, 11) is 0. The minimum Gasteiger partial charge on any atom is -0.344 e. The van der Waals surface area contributed by atoms with E-state index in [-0.39, 0.29) is 6.15 Å². The highest BCUT2D eigenvalue weighted by Crippen LogP contribution is 2.07. The van der Waals surface area contributed by atoms with Crippen molar-refractivity contribution in [1.82, 2.24) is 6.15 Å². The van der Waals surface area contributed by atoms with E-state index in [1.165, 1.54) is 0 Å². The largest absolute Gasteiger partial charge is 0.362 e. The summed E-state index contributed by atoms with van der Waals surface area (Å²) in [5.41, 5.74) is 3.86. The second kappa shape index (κ2) is 6.30. The Morgan fingerprint density at radius 2 is 1.41 bits per heavy atom. The summed E-state index contributed by atoms with van der Waals surface area (Å²) < 4.78 is 0. The van der Waals surface area contributed by atoms with Crippen LogP contribution in [0.5, 0.6) is 0 Å². The van der Waals surface area contributed by atoms with Crippen molar-refractivity contribution in [3.63, 3.8) is 0 Å². The number of rotatable bonds is 3. The molecule has 4 heteroatoms. The predicted molar refractivity (Wildman–Crippen MR) is 66.9 cm³/mol. The predicted octanol–water partition coefficient (Wildman–Crippen LogP) is 3.03. The topological polar surface area (TPSA) is 73.3 Å². The van der Waals surface area contributed by atoms with Crippen LogP contribution in [0.15, 0.2) is 60.7 Å². The minimum absolute atomic E-state index is 0. The van der Waals surface area contributed by atoms with Crippen LogP contribution in [0.1, 0.15) is 10.4 Å². The zero-order valence-corrected chi connectivity index (χ0v) is 9.30. The maximum absolute atomic E-state index is 11.5. The van der Waals surface area contributed by atoms with Gasteiger partial charge in [0.2, 0.25) is 0 Å². The van der Waals surface area contributed by atoms with Crippen molar-refractivity contribution in [3.8, 4) is 0 Å². The van der Waals surface area contributed by atoms with Crippen LogP contribution in [0.25, 0.3) is 0 Å². The fraction of sp³-hybridized carbons (Fsp3) is 0. The molecule has 0 fully saturated rings. The van der Waals surface area contributed by atoms with Gasteiger partial charge in [-0.1, -0.05) is 36.4 Å². The molecule has 4 N–H and O–H groups in total. The van der Waals surface area contributed by atoms with Gasteiger partial charge in [0.05, 0.1) is 11.3 Å². The molecule has 2 rings (SSSR count). The second-order valence-electron chi connectivity index (χ2n) is 3.22. The molecule has 0 saturated carbocycles. The molecule has 0 radical (unpaired) electrons. The Morgan fingerprint density at radius 3 is 2.00 bits per heavy atom. The number of anilines is 1. The fourth-order valence-electron chi connectivity index (χ4n) is 1.24. The van der Waals surface area contributed by atoms with Crippen LogP contribution in [-0.4, -0.2) is 5.97 Å². The molecule has 2 aromatic rings. The Hall–Kier alpha value is -2.33. The molecule has 88 valence electrons. The Labute approximate surface area is 99.8 Å². The first-order valence-electron chi connectivity index (χ1n) is 4.93. The third kappa shape index (κ3) is 3.62. The summed E-state index contributed by atoms with van der Waals surface area (Å²) in [4.78, 5) is 16.5. The van der Waals surface area contributed by atoms with Crippen molar-refractivity contribution in [1.29, 1.82) is 0 Å². The number of hydrogen-bond donors (Lipinski definition) is 2. The molecule has 0 atom stereocenters. The van der Waals surface area contributed by atoms with Gasteiger partial charge >= 0.3 is 5.97 Å². The van der Waals surface area contributed by atoms with E-state index in [0.29, 0.717) is 5.56 Å². The molecule has 0 aromatic heterocycles. The van der Waals surface area contributed by atoms with Gasteiger partial charge in [0.1, 0.15) is 0 Å². The van der Waals surface area contributed by atoms with E-state index < -0.39 is 5.97 Å². The van der Waals surface area contributed by atoms with Gasteiger partial charge in [-0.25, -0.2) is 10.3 Å². The molecule has 0 aliphatic carbocycles. The van der Waals surface area contributed by atoms with Crippen LogP contribution in [0, 0.1) is 0 Å². The highest BCUT2D eigenvalue weighted by molar-refractivity contribution is 5.89. The molecule has 0 amide bonds. The lowest BCUT2D eigenvalue weighted by atomic mass is 10.2. The van der Waals surface area contributed by atoms with Crippen molar-refractivity contribution in [3.05, 3.63) is 66.2 Å². The molecule has 0 saturated heterocycles. The van der Waals surface area contributed by atoms with E-state index in [4.69, 9.17) is 4.84 Å². The summed E-state index contributed by atoms with van der Waals surface area (Å²) in [6.45, 7) is 0. The smallest absolute Gasteiger partial charge is 0.344 e. The molecular weight excluding hydrogens is 216 g/mol. The van der Waals surface area contributed by atoms with Crippen LogP contribution < -0.4 is 11.6 Å². The van der Waals surface area contributed by atoms with Crippen LogP contribution in [0.3, 0.4) is 0 Å². The maximum Gasteiger partial charge on any atom is 0.362 e. The average Bonchev–Trinajstić information content (AvgIpc) is 2.38. The van der Waals surface area contributed by atoms with Gasteiger partial charge in [-0.05, 0) is 24.3 Å². The summed E-state index contributed by atoms with van der Waals surface area (Å²) in [5, 5.41) is 0. The van der Waals surface area contributed by atoms with E-state index >= 15 is 0 Å². The number of nitrogens with one attached hydrogen (secondary N) is 1. The summed E-state index contributed by atoms with van der Waals surface area (Å²) in [5.74, 6) is -0.399. The standard InChI is InChI=1S/C13H11NO2.H3N/c15-13(11-7-3-1-4-8-11)16-14-12-9-5-2-6-10-12;/h1-10,14H;1H3. The third-order valence-electron chi connectivity index (χ3n) is 2.04. The highest BCUT2D eigenvalue weighted by Gasteiger charge is 2.05. The summed E-state index contributed by atoms with van der Waals surface area (Å²) in [6, 6.07) is 18.1. The van der Waals surface area contributed by atoms with E-state index in [9.17, 15) is 4.79 Å². The zero-order chi connectivity index (χ0) is 11.2. The number of hydrogen-bond acceptors (Lipinski definition) is 4. The van der Waals surface area contributed by atoms with Crippen molar-refractivity contribution in [2.45, 2.75) is 0 Å². The van der Waals surface area contributed by atoms with E-state index in [1.807, 2.05) is 36.4 Å². The highest BCUT2D eigenvalue weighted by atomic mass is 16.7. The van der Waals surface area contributed by atoms with Crippen molar-refractivity contribution < 1.29 is 9.63 Å². The minimum atomic E-state index is -0.399. The molecular formula is C13H14N2O2. The molecule has 0 heterocycles. The van der Waals surface area contributed by atoms with E-state index in [2.05, 4.69) is 5.48 Å². The normalized spacial score (nSPS) is 8.94. The lowest BCUT2D eigenvalue weighted by Crippen LogP contribution is -2.10. The molecule has 0 spiro atoms. The number of benzene rings is 2. The average molecular weight is 230 g/mol. The van der Waals surface area contributed by atoms with Gasteiger partial charge in [-0.2, -0.15) is 0 Å². The van der Waals surface area contributed by atoms with Gasteiger partial charge in [-0.3, -0.25) is 0 Å². The fourth-order valence-corrected chi connectivity index (χ4v) is 1.24. The Balaban J connectivity index is 0.00000144. The number of carbonyl (C=O) groups is 1. The lowest BCUT2D eigenvalue weighted by Gasteiger charge is -2.05. The van der Waals surface area contributed by atoms with E-state index in [1.54, 1.807) is 24.3 Å². The van der Waals surface area contributed by atoms with Gasteiger partial charge in [0.15, 0.2) is 0 Å². The van der Waals surface area contributed by atoms with Gasteiger partial charge in [0.25, 0.3) is 0 Å². The van der Waals surface area contributed by atoms with Crippen LogP contribution in [0.4, 0.5) is 5.69 Å². The van der Waals surface area contributed by atoms with Crippen LogP contribution in [-0.2, 0) is 4.84 Å². The second-order valence-corrected chi connectivity index (χ2v) is 3.22. The Kier molecular flexibility index (Phi) is 4.72. The van der Waals surface area contributed by atoms with Crippen LogP contribution in [0.2, 0.25) is 0 Å². The summed E-state index contributed by atoms with van der Waals surface area (Å²) >= 11 is 0. The van der Waals surface area contributed by atoms with Gasteiger partial charge in [0, 0.05) is 0 Å². The first-order chi connectivity index (χ1) is 7.86. The van der Waals surface area contributed by atoms with E-state index in [0.717, 1.165) is 5.69 Å². The maximum atomic E-state index is 11.5. The van der Waals surface area contributed by atoms with Crippen molar-refractivity contribution in [2.24, 2.45) is 0 Å². The number of para-hydroxylation sites is 1. The first kappa shape index (κ1) is 12.7. The Morgan fingerprint density at radius 1 is 0.882 bits per heavy atom. The van der Waals surface area contributed by atoms with Crippen LogP contribution >= 0.6 is 0 Å². The van der Waals surface area contributed by atoms with Gasteiger partial charge in [-0.15, -0.1) is 0 Å².